The number of hydrogen-bond donors (Lipinski definition) is 1. The molecule has 0 bridgehead atoms. The van der Waals surface area contributed by atoms with E-state index < -0.39 is 0 Å². The molecule has 10 heteroatoms. The van der Waals surface area contributed by atoms with Gasteiger partial charge in [0, 0.05) is 43.1 Å². The summed E-state index contributed by atoms with van der Waals surface area (Å²) in [5, 5.41) is 17.3. The topological polar surface area (TPSA) is 81.5 Å². The van der Waals surface area contributed by atoms with Crippen molar-refractivity contribution >= 4 is 71.1 Å². The van der Waals surface area contributed by atoms with Gasteiger partial charge in [0.2, 0.25) is 0 Å². The van der Waals surface area contributed by atoms with E-state index >= 15 is 0 Å². The number of aromatic nitrogens is 3. The summed E-state index contributed by atoms with van der Waals surface area (Å²) in [5.41, 5.74) is 10.9. The van der Waals surface area contributed by atoms with Gasteiger partial charge in [0.15, 0.2) is 22.0 Å². The molecule has 1 aliphatic carbocycles. The first-order chi connectivity index (χ1) is 24.4. The van der Waals surface area contributed by atoms with Crippen LogP contribution in [-0.2, 0) is 0 Å². The van der Waals surface area contributed by atoms with E-state index in [0.29, 0.717) is 5.17 Å². The fraction of sp³-hybridized carbons (Fsp3) is 0. The number of benzene rings is 5. The Labute approximate surface area is 318 Å². The fourth-order valence-electron chi connectivity index (χ4n) is 4.43. The molecule has 0 radical (unpaired) electrons. The van der Waals surface area contributed by atoms with E-state index in [4.69, 9.17) is 28.9 Å². The molecule has 0 unspecified atom stereocenters. The first kappa shape index (κ1) is 36.3. The maximum Gasteiger partial charge on any atom is 0.185 e. The molecule has 0 aliphatic heterocycles. The van der Waals surface area contributed by atoms with Crippen molar-refractivity contribution in [3.05, 3.63) is 190 Å². The molecule has 50 heavy (non-hydrogen) atoms. The third-order valence-electron chi connectivity index (χ3n) is 6.88. The third kappa shape index (κ3) is 10.5. The SMILES string of the molecule is Brc1ccc(-n2c(-c3ccccc3)nnc2-c2ccccc2)cc1.Cl/C(=N\N=C(/Cl)c1ccccc1)C1=CC=[C+]C=C1.Nc1ccc(Br)cc1. The quantitative estimate of drug-likeness (QED) is 0.0786. The summed E-state index contributed by atoms with van der Waals surface area (Å²) >= 11 is 18.8. The van der Waals surface area contributed by atoms with Crippen LogP contribution >= 0.6 is 55.1 Å². The highest BCUT2D eigenvalue weighted by Crippen LogP contribution is 2.29. The zero-order valence-corrected chi connectivity index (χ0v) is 31.1. The van der Waals surface area contributed by atoms with Gasteiger partial charge in [-0.25, -0.2) is 0 Å². The minimum absolute atomic E-state index is 0.290. The van der Waals surface area contributed by atoms with E-state index in [-0.39, 0.29) is 5.17 Å². The second kappa shape index (κ2) is 18.7. The predicted molar refractivity (Wildman–Crippen MR) is 216 cm³/mol. The number of allylic oxidation sites excluding steroid dienone is 6. The van der Waals surface area contributed by atoms with Gasteiger partial charge in [0.05, 0.1) is 12.2 Å². The zero-order valence-electron chi connectivity index (χ0n) is 26.4. The summed E-state index contributed by atoms with van der Waals surface area (Å²) in [6.45, 7) is 0. The van der Waals surface area contributed by atoms with E-state index in [1.807, 2.05) is 127 Å². The Kier molecular flexibility index (Phi) is 13.6. The van der Waals surface area contributed by atoms with Gasteiger partial charge >= 0.3 is 0 Å². The summed E-state index contributed by atoms with van der Waals surface area (Å²) in [7, 11) is 0. The lowest BCUT2D eigenvalue weighted by atomic mass is 10.1. The van der Waals surface area contributed by atoms with Crippen molar-refractivity contribution in [3.63, 3.8) is 0 Å². The standard InChI is InChI=1S/C20H14BrN3.C14H9Cl2N2.C6H6BrN/c21-17-11-13-18(14-12-17)24-19(15-7-3-1-4-8-15)22-23-20(24)16-9-5-2-6-10-16;15-13(11-7-3-1-4-8-11)17-18-14(16)12-9-5-2-6-10-12;7-5-1-3-6(8)4-2-5/h1-14H;1,3-10H;1-4H,8H2/q;+1;/b;17-13-,18-14-;. The monoisotopic (exact) mass is 821 g/mol. The number of hydrogen-bond acceptors (Lipinski definition) is 5. The van der Waals surface area contributed by atoms with E-state index in [1.165, 1.54) is 0 Å². The van der Waals surface area contributed by atoms with Crippen LogP contribution in [0.5, 0.6) is 0 Å². The number of nitrogen functional groups attached to an aromatic ring is 1. The van der Waals surface area contributed by atoms with Gasteiger partial charge < -0.3 is 5.73 Å². The van der Waals surface area contributed by atoms with Crippen LogP contribution in [0.15, 0.2) is 189 Å². The van der Waals surface area contributed by atoms with Crippen LogP contribution in [0.1, 0.15) is 5.56 Å². The summed E-state index contributed by atoms with van der Waals surface area (Å²) in [6, 6.07) is 45.3. The maximum atomic E-state index is 6.02. The molecule has 0 atom stereocenters. The average Bonchev–Trinajstić information content (AvgIpc) is 3.62. The minimum atomic E-state index is 0.290. The predicted octanol–water partition coefficient (Wildman–Crippen LogP) is 11.5. The lowest BCUT2D eigenvalue weighted by Gasteiger charge is -2.11. The molecule has 0 fully saturated rings. The fourth-order valence-corrected chi connectivity index (χ4v) is 5.29. The molecule has 7 rings (SSSR count). The molecule has 5 aromatic carbocycles. The Bertz CT molecular complexity index is 2050. The molecule has 0 spiro atoms. The van der Waals surface area contributed by atoms with Gasteiger partial charge in [-0.15, -0.1) is 20.4 Å². The number of nitrogens with zero attached hydrogens (tertiary/aromatic N) is 5. The van der Waals surface area contributed by atoms with E-state index in [2.05, 4.69) is 75.0 Å². The van der Waals surface area contributed by atoms with Crippen molar-refractivity contribution in [1.29, 1.82) is 0 Å². The zero-order chi connectivity index (χ0) is 35.1. The molecule has 1 aliphatic rings. The molecule has 0 saturated carbocycles. The molecule has 246 valence electrons. The maximum absolute atomic E-state index is 6.02. The van der Waals surface area contributed by atoms with Crippen molar-refractivity contribution in [2.75, 3.05) is 5.73 Å². The second-order valence-electron chi connectivity index (χ2n) is 10.4. The largest absolute Gasteiger partial charge is 0.399 e. The molecular formula is C40H29Br2Cl2N6+. The number of halogens is 4. The van der Waals surface area contributed by atoms with Crippen LogP contribution in [0.3, 0.4) is 0 Å². The van der Waals surface area contributed by atoms with Gasteiger partial charge in [-0.05, 0) is 48.5 Å². The molecular weight excluding hydrogens is 795 g/mol. The van der Waals surface area contributed by atoms with Crippen molar-refractivity contribution in [3.8, 4) is 28.5 Å². The Balaban J connectivity index is 0.000000164. The Hall–Kier alpha value is -4.95. The van der Waals surface area contributed by atoms with Crippen LogP contribution in [0.25, 0.3) is 28.5 Å². The first-order valence-electron chi connectivity index (χ1n) is 15.2. The van der Waals surface area contributed by atoms with Crippen LogP contribution < -0.4 is 5.73 Å². The highest BCUT2D eigenvalue weighted by Gasteiger charge is 2.16. The summed E-state index contributed by atoms with van der Waals surface area (Å²) in [5.74, 6) is 1.66. The normalized spacial score (nSPS) is 12.1. The van der Waals surface area contributed by atoms with Crippen LogP contribution in [0, 0.1) is 6.08 Å². The van der Waals surface area contributed by atoms with Gasteiger partial charge in [0.25, 0.3) is 0 Å². The Morgan fingerprint density at radius 1 is 0.620 bits per heavy atom. The second-order valence-corrected chi connectivity index (χ2v) is 12.9. The van der Waals surface area contributed by atoms with Gasteiger partial charge in [-0.1, -0.05) is 146 Å². The average molecular weight is 824 g/mol. The van der Waals surface area contributed by atoms with Gasteiger partial charge in [-0.2, -0.15) is 0 Å². The smallest absolute Gasteiger partial charge is 0.185 e. The Morgan fingerprint density at radius 3 is 1.58 bits per heavy atom. The molecule has 0 saturated heterocycles. The summed E-state index contributed by atoms with van der Waals surface area (Å²) in [4.78, 5) is 0. The van der Waals surface area contributed by atoms with E-state index in [9.17, 15) is 0 Å². The molecule has 0 amide bonds. The first-order valence-corrected chi connectivity index (χ1v) is 17.5. The van der Waals surface area contributed by atoms with Gasteiger partial charge in [0.1, 0.15) is 17.7 Å². The van der Waals surface area contributed by atoms with Gasteiger partial charge in [-0.3, -0.25) is 4.57 Å². The molecule has 6 nitrogen and oxygen atoms in total. The van der Waals surface area contributed by atoms with E-state index in [1.54, 1.807) is 24.3 Å². The number of rotatable bonds is 6. The van der Waals surface area contributed by atoms with Crippen molar-refractivity contribution in [2.24, 2.45) is 10.2 Å². The molecule has 6 aromatic rings. The number of nitrogens with two attached hydrogens (primary N) is 1. The lowest BCUT2D eigenvalue weighted by Crippen LogP contribution is -2.00. The highest BCUT2D eigenvalue weighted by atomic mass is 79.9. The minimum Gasteiger partial charge on any atom is -0.399 e. The van der Waals surface area contributed by atoms with Crippen LogP contribution in [0.2, 0.25) is 0 Å². The van der Waals surface area contributed by atoms with Crippen molar-refractivity contribution in [2.45, 2.75) is 0 Å². The molecule has 1 aromatic heterocycles. The van der Waals surface area contributed by atoms with E-state index in [0.717, 1.165) is 54.2 Å². The van der Waals surface area contributed by atoms with Crippen LogP contribution in [-0.4, -0.2) is 25.1 Å². The highest BCUT2D eigenvalue weighted by molar-refractivity contribution is 9.10. The molecule has 2 N–H and O–H groups in total. The number of anilines is 1. The van der Waals surface area contributed by atoms with Crippen molar-refractivity contribution < 1.29 is 0 Å². The third-order valence-corrected chi connectivity index (χ3v) is 8.52. The summed E-state index contributed by atoms with van der Waals surface area (Å²) in [6.07, 6.45) is 10.0. The lowest BCUT2D eigenvalue weighted by molar-refractivity contribution is 1.07. The Morgan fingerprint density at radius 2 is 1.10 bits per heavy atom. The summed E-state index contributed by atoms with van der Waals surface area (Å²) < 4.78 is 4.20. The van der Waals surface area contributed by atoms with Crippen LogP contribution in [0.4, 0.5) is 5.69 Å². The molecule has 1 heterocycles. The van der Waals surface area contributed by atoms with Crippen molar-refractivity contribution in [1.82, 2.24) is 14.8 Å².